The van der Waals surface area contributed by atoms with Crippen LogP contribution in [0.3, 0.4) is 0 Å². The zero-order valence-electron chi connectivity index (χ0n) is 21.1. The van der Waals surface area contributed by atoms with Crippen molar-refractivity contribution in [3.63, 3.8) is 0 Å². The minimum atomic E-state index is 0.194. The maximum Gasteiger partial charge on any atom is 0.223 e. The van der Waals surface area contributed by atoms with Crippen LogP contribution in [0.25, 0.3) is 0 Å². The smallest absolute Gasteiger partial charge is 0.223 e. The molecule has 0 N–H and O–H groups in total. The van der Waals surface area contributed by atoms with Crippen molar-refractivity contribution in [2.45, 2.75) is 53.4 Å². The molecule has 0 radical (unpaired) electrons. The van der Waals surface area contributed by atoms with Gasteiger partial charge in [-0.2, -0.15) is 0 Å². The van der Waals surface area contributed by atoms with E-state index in [2.05, 4.69) is 58.0 Å². The number of aromatic nitrogens is 4. The first-order valence-electron chi connectivity index (χ1n) is 11.5. The Kier molecular flexibility index (Phi) is 16.7. The predicted octanol–water partition coefficient (Wildman–Crippen LogP) is 9.73. The van der Waals surface area contributed by atoms with Crippen LogP contribution in [0.1, 0.15) is 48.2 Å². The summed E-state index contributed by atoms with van der Waals surface area (Å²) in [6.45, 7) is 7.78. The summed E-state index contributed by atoms with van der Waals surface area (Å²) >= 11 is 21.9. The molecule has 0 spiro atoms. The van der Waals surface area contributed by atoms with Crippen LogP contribution in [0.15, 0.2) is 72.8 Å². The molecule has 0 atom stereocenters. The molecule has 2 aromatic heterocycles. The van der Waals surface area contributed by atoms with Gasteiger partial charge in [-0.25, -0.2) is 19.9 Å². The average molecular weight is 566 g/mol. The van der Waals surface area contributed by atoms with E-state index in [9.17, 15) is 0 Å². The second kappa shape index (κ2) is 18.9. The van der Waals surface area contributed by atoms with Crippen molar-refractivity contribution >= 4 is 46.4 Å². The lowest BCUT2D eigenvalue weighted by molar-refractivity contribution is 0.504. The zero-order chi connectivity index (χ0) is 26.8. The van der Waals surface area contributed by atoms with Crippen molar-refractivity contribution in [3.8, 4) is 0 Å². The molecule has 1 aliphatic carbocycles. The van der Waals surface area contributed by atoms with Gasteiger partial charge in [-0.15, -0.1) is 0 Å². The summed E-state index contributed by atoms with van der Waals surface area (Å²) in [7, 11) is 0. The zero-order valence-corrected chi connectivity index (χ0v) is 24.1. The molecule has 0 bridgehead atoms. The summed E-state index contributed by atoms with van der Waals surface area (Å²) in [4.78, 5) is 14.9. The van der Waals surface area contributed by atoms with E-state index in [4.69, 9.17) is 46.4 Å². The minimum absolute atomic E-state index is 0.194. The Balaban J connectivity index is 0.000000229. The van der Waals surface area contributed by atoms with E-state index in [-0.39, 0.29) is 10.6 Å². The van der Waals surface area contributed by atoms with Gasteiger partial charge in [0.05, 0.1) is 0 Å². The normalized spacial score (nSPS) is 10.9. The van der Waals surface area contributed by atoms with Gasteiger partial charge in [0.1, 0.15) is 10.3 Å². The lowest BCUT2D eigenvalue weighted by Gasteiger charge is -2.05. The molecule has 0 unspecified atom stereocenters. The van der Waals surface area contributed by atoms with Crippen molar-refractivity contribution < 1.29 is 0 Å². The quantitative estimate of drug-likeness (QED) is 0.157. The van der Waals surface area contributed by atoms with E-state index >= 15 is 0 Å². The summed E-state index contributed by atoms with van der Waals surface area (Å²) in [5.41, 5.74) is 4.20. The van der Waals surface area contributed by atoms with Gasteiger partial charge < -0.3 is 0 Å². The van der Waals surface area contributed by atoms with Crippen LogP contribution in [0.4, 0.5) is 0 Å². The molecule has 8 heteroatoms. The van der Waals surface area contributed by atoms with E-state index in [1.807, 2.05) is 36.4 Å². The molecular weight excluding hydrogens is 534 g/mol. The van der Waals surface area contributed by atoms with E-state index < -0.39 is 0 Å². The lowest BCUT2D eigenvalue weighted by atomic mass is 10.0. The van der Waals surface area contributed by atoms with Gasteiger partial charge in [-0.1, -0.05) is 121 Å². The van der Waals surface area contributed by atoms with Crippen LogP contribution in [-0.4, -0.2) is 19.9 Å². The molecule has 5 rings (SSSR count). The first kappa shape index (κ1) is 31.8. The summed E-state index contributed by atoms with van der Waals surface area (Å²) in [6, 6.07) is 23.8. The van der Waals surface area contributed by atoms with E-state index in [0.29, 0.717) is 10.3 Å². The number of benzene rings is 2. The molecule has 0 amide bonds. The van der Waals surface area contributed by atoms with Gasteiger partial charge in [0, 0.05) is 11.4 Å². The van der Waals surface area contributed by atoms with Gasteiger partial charge in [0.25, 0.3) is 0 Å². The summed E-state index contributed by atoms with van der Waals surface area (Å²) in [5.74, 6) is 0. The maximum absolute atomic E-state index is 5.51. The highest BCUT2D eigenvalue weighted by Gasteiger charge is 1.96. The van der Waals surface area contributed by atoms with Crippen LogP contribution in [0.5, 0.6) is 0 Å². The molecule has 1 saturated carbocycles. The van der Waals surface area contributed by atoms with Crippen LogP contribution in [-0.2, 0) is 0 Å². The highest BCUT2D eigenvalue weighted by molar-refractivity contribution is 6.32. The molecule has 4 nitrogen and oxygen atoms in total. The second-order valence-electron chi connectivity index (χ2n) is 7.93. The van der Waals surface area contributed by atoms with Crippen molar-refractivity contribution in [1.29, 1.82) is 0 Å². The molecule has 0 aliphatic heterocycles. The third-order valence-corrected chi connectivity index (χ3v) is 5.20. The van der Waals surface area contributed by atoms with Gasteiger partial charge in [0.15, 0.2) is 0 Å². The molecule has 192 valence electrons. The molecule has 4 aromatic rings. The molecule has 1 aliphatic rings. The Morgan fingerprint density at radius 2 is 0.778 bits per heavy atom. The summed E-state index contributed by atoms with van der Waals surface area (Å²) in [5, 5.41) is 1.15. The van der Waals surface area contributed by atoms with Gasteiger partial charge >= 0.3 is 0 Å². The Morgan fingerprint density at radius 3 is 0.944 bits per heavy atom. The van der Waals surface area contributed by atoms with Crippen molar-refractivity contribution in [1.82, 2.24) is 19.9 Å². The molecule has 2 aromatic carbocycles. The van der Waals surface area contributed by atoms with Gasteiger partial charge in [-0.3, -0.25) is 0 Å². The molecular formula is C28H32Cl4N4. The standard InChI is InChI=1S/2C7H8.2C5H4Cl2N2.C4H8/c2*1-7-5-3-2-4-6-7;2*1-3-2-4(6)9-5(7)8-3;1-2-4-3-1/h2*2-6H,1H3;2*2H,1H3;1-4H2. The molecule has 1 fully saturated rings. The topological polar surface area (TPSA) is 51.6 Å². The number of halogens is 4. The highest BCUT2D eigenvalue weighted by Crippen LogP contribution is 2.15. The van der Waals surface area contributed by atoms with Crippen molar-refractivity contribution in [2.75, 3.05) is 0 Å². The Morgan fingerprint density at radius 1 is 0.472 bits per heavy atom. The predicted molar refractivity (Wildman–Crippen MR) is 154 cm³/mol. The van der Waals surface area contributed by atoms with Crippen molar-refractivity contribution in [2.24, 2.45) is 0 Å². The second-order valence-corrected chi connectivity index (χ2v) is 9.38. The Hall–Kier alpha value is -2.24. The fourth-order valence-corrected chi connectivity index (χ4v) is 3.32. The third-order valence-electron chi connectivity index (χ3n) is 4.47. The molecule has 0 saturated heterocycles. The van der Waals surface area contributed by atoms with Crippen LogP contribution in [0, 0.1) is 27.7 Å². The van der Waals surface area contributed by atoms with E-state index in [1.165, 1.54) is 36.8 Å². The fourth-order valence-electron chi connectivity index (χ4n) is 2.31. The first-order chi connectivity index (χ1) is 17.2. The highest BCUT2D eigenvalue weighted by atomic mass is 35.5. The van der Waals surface area contributed by atoms with E-state index in [0.717, 1.165) is 11.4 Å². The summed E-state index contributed by atoms with van der Waals surface area (Å²) in [6.07, 6.45) is 6.00. The number of rotatable bonds is 0. The lowest BCUT2D eigenvalue weighted by Crippen LogP contribution is -1.85. The van der Waals surface area contributed by atoms with Gasteiger partial charge in [-0.05, 0) is 63.0 Å². The SMILES string of the molecule is C1CCC1.Cc1cc(Cl)nc(Cl)n1.Cc1cc(Cl)nc(Cl)n1.Cc1ccccc1.Cc1ccccc1. The van der Waals surface area contributed by atoms with Crippen LogP contribution >= 0.6 is 46.4 Å². The molecule has 36 heavy (non-hydrogen) atoms. The minimum Gasteiger partial charge on any atom is -0.223 e. The van der Waals surface area contributed by atoms with Crippen LogP contribution in [0.2, 0.25) is 20.9 Å². The summed E-state index contributed by atoms with van der Waals surface area (Å²) < 4.78 is 0. The monoisotopic (exact) mass is 564 g/mol. The largest absolute Gasteiger partial charge is 0.223 e. The number of hydrogen-bond acceptors (Lipinski definition) is 4. The maximum atomic E-state index is 5.51. The number of nitrogens with zero attached hydrogens (tertiary/aromatic N) is 4. The average Bonchev–Trinajstić information content (AvgIpc) is 2.73. The molecule has 2 heterocycles. The number of aryl methyl sites for hydroxylation is 4. The third kappa shape index (κ3) is 17.2. The Bertz CT molecular complexity index is 931. The Labute approximate surface area is 235 Å². The fraction of sp³-hybridized carbons (Fsp3) is 0.286. The van der Waals surface area contributed by atoms with E-state index in [1.54, 1.807) is 26.0 Å². The van der Waals surface area contributed by atoms with Gasteiger partial charge in [0.2, 0.25) is 10.6 Å². The van der Waals surface area contributed by atoms with Crippen molar-refractivity contribution in [3.05, 3.63) is 116 Å². The van der Waals surface area contributed by atoms with Crippen LogP contribution < -0.4 is 0 Å². The number of hydrogen-bond donors (Lipinski definition) is 0. The first-order valence-corrected chi connectivity index (χ1v) is 13.0.